The molecule has 6 nitrogen and oxygen atoms in total. The fourth-order valence-electron chi connectivity index (χ4n) is 1.91. The SMILES string of the molecule is COC(=O)C[C@H](NC(=O)C(C)C)c1ccc(OC)c(OC)c1. The van der Waals surface area contributed by atoms with Crippen LogP contribution < -0.4 is 14.8 Å². The van der Waals surface area contributed by atoms with Crippen LogP contribution in [0.25, 0.3) is 0 Å². The van der Waals surface area contributed by atoms with E-state index in [-0.39, 0.29) is 18.2 Å². The Morgan fingerprint density at radius 1 is 1.09 bits per heavy atom. The maximum Gasteiger partial charge on any atom is 0.307 e. The van der Waals surface area contributed by atoms with Crippen LogP contribution in [0.3, 0.4) is 0 Å². The monoisotopic (exact) mass is 309 g/mol. The molecule has 6 heteroatoms. The molecule has 1 N–H and O–H groups in total. The number of esters is 1. The van der Waals surface area contributed by atoms with Crippen molar-refractivity contribution >= 4 is 11.9 Å². The molecule has 0 saturated heterocycles. The minimum atomic E-state index is -0.484. The van der Waals surface area contributed by atoms with E-state index in [0.717, 1.165) is 5.56 Å². The van der Waals surface area contributed by atoms with Gasteiger partial charge in [0.1, 0.15) is 0 Å². The minimum absolute atomic E-state index is 0.0461. The first kappa shape index (κ1) is 17.8. The summed E-state index contributed by atoms with van der Waals surface area (Å²) in [6, 6.07) is 4.78. The van der Waals surface area contributed by atoms with E-state index in [1.54, 1.807) is 39.2 Å². The number of hydrogen-bond donors (Lipinski definition) is 1. The van der Waals surface area contributed by atoms with E-state index in [0.29, 0.717) is 11.5 Å². The van der Waals surface area contributed by atoms with Crippen molar-refractivity contribution < 1.29 is 23.8 Å². The molecule has 0 spiro atoms. The molecule has 122 valence electrons. The van der Waals surface area contributed by atoms with Crippen LogP contribution in [0.5, 0.6) is 11.5 Å². The molecule has 0 unspecified atom stereocenters. The number of benzene rings is 1. The molecular weight excluding hydrogens is 286 g/mol. The summed E-state index contributed by atoms with van der Waals surface area (Å²) >= 11 is 0. The Hall–Kier alpha value is -2.24. The van der Waals surface area contributed by atoms with Crippen molar-refractivity contribution in [2.45, 2.75) is 26.3 Å². The summed E-state index contributed by atoms with van der Waals surface area (Å²) in [5.41, 5.74) is 0.747. The van der Waals surface area contributed by atoms with Crippen LogP contribution in [0, 0.1) is 5.92 Å². The van der Waals surface area contributed by atoms with Gasteiger partial charge in [0, 0.05) is 5.92 Å². The van der Waals surface area contributed by atoms with Crippen molar-refractivity contribution in [3.05, 3.63) is 23.8 Å². The highest BCUT2D eigenvalue weighted by Gasteiger charge is 2.21. The molecule has 0 saturated carbocycles. The standard InChI is InChI=1S/C16H23NO5/c1-10(2)16(19)17-12(9-15(18)22-5)11-6-7-13(20-3)14(8-11)21-4/h6-8,10,12H,9H2,1-5H3,(H,17,19)/t12-/m0/s1. The summed E-state index contributed by atoms with van der Waals surface area (Å²) in [7, 11) is 4.39. The van der Waals surface area contributed by atoms with E-state index < -0.39 is 12.0 Å². The van der Waals surface area contributed by atoms with Crippen LogP contribution >= 0.6 is 0 Å². The van der Waals surface area contributed by atoms with Gasteiger partial charge in [-0.05, 0) is 17.7 Å². The average molecular weight is 309 g/mol. The maximum atomic E-state index is 12.0. The summed E-state index contributed by atoms with van der Waals surface area (Å²) in [5.74, 6) is 0.403. The van der Waals surface area contributed by atoms with Crippen LogP contribution in [0.4, 0.5) is 0 Å². The molecule has 1 amide bonds. The summed E-state index contributed by atoms with van der Waals surface area (Å²) in [5, 5.41) is 2.85. The molecule has 0 radical (unpaired) electrons. The third kappa shape index (κ3) is 4.65. The van der Waals surface area contributed by atoms with Gasteiger partial charge >= 0.3 is 5.97 Å². The second kappa shape index (κ2) is 8.26. The molecule has 1 atom stereocenters. The Kier molecular flexibility index (Phi) is 6.69. The first-order valence-corrected chi connectivity index (χ1v) is 7.02. The predicted molar refractivity (Wildman–Crippen MR) is 81.9 cm³/mol. The molecule has 0 fully saturated rings. The molecule has 22 heavy (non-hydrogen) atoms. The number of nitrogens with one attached hydrogen (secondary N) is 1. The summed E-state index contributed by atoms with van der Waals surface area (Å²) in [6.45, 7) is 3.58. The topological polar surface area (TPSA) is 73.9 Å². The average Bonchev–Trinajstić information content (AvgIpc) is 2.52. The zero-order valence-corrected chi connectivity index (χ0v) is 13.6. The smallest absolute Gasteiger partial charge is 0.307 e. The van der Waals surface area contributed by atoms with E-state index in [2.05, 4.69) is 5.32 Å². The number of amides is 1. The van der Waals surface area contributed by atoms with E-state index in [4.69, 9.17) is 14.2 Å². The number of methoxy groups -OCH3 is 3. The molecule has 0 aromatic heterocycles. The molecule has 0 aliphatic rings. The van der Waals surface area contributed by atoms with Gasteiger partial charge in [-0.25, -0.2) is 0 Å². The first-order chi connectivity index (χ1) is 10.4. The van der Waals surface area contributed by atoms with Crippen LogP contribution in [-0.2, 0) is 14.3 Å². The normalized spacial score (nSPS) is 11.7. The zero-order chi connectivity index (χ0) is 16.7. The van der Waals surface area contributed by atoms with Crippen molar-refractivity contribution in [1.82, 2.24) is 5.32 Å². The van der Waals surface area contributed by atoms with Crippen molar-refractivity contribution in [3.63, 3.8) is 0 Å². The number of ether oxygens (including phenoxy) is 3. The van der Waals surface area contributed by atoms with Gasteiger partial charge < -0.3 is 19.5 Å². The predicted octanol–water partition coefficient (Wildman–Crippen LogP) is 2.08. The molecular formula is C16H23NO5. The second-order valence-corrected chi connectivity index (χ2v) is 5.11. The molecule has 1 aromatic rings. The van der Waals surface area contributed by atoms with Gasteiger partial charge in [0.05, 0.1) is 33.8 Å². The highest BCUT2D eigenvalue weighted by molar-refractivity contribution is 5.79. The second-order valence-electron chi connectivity index (χ2n) is 5.11. The van der Waals surface area contributed by atoms with E-state index >= 15 is 0 Å². The number of hydrogen-bond acceptors (Lipinski definition) is 5. The van der Waals surface area contributed by atoms with Crippen LogP contribution in [0.1, 0.15) is 31.9 Å². The van der Waals surface area contributed by atoms with Crippen molar-refractivity contribution in [1.29, 1.82) is 0 Å². The molecule has 1 aromatic carbocycles. The number of carbonyl (C=O) groups is 2. The quantitative estimate of drug-likeness (QED) is 0.781. The fraction of sp³-hybridized carbons (Fsp3) is 0.500. The van der Waals surface area contributed by atoms with Gasteiger partial charge in [0.15, 0.2) is 11.5 Å². The van der Waals surface area contributed by atoms with E-state index in [1.807, 2.05) is 0 Å². The van der Waals surface area contributed by atoms with Crippen molar-refractivity contribution in [2.75, 3.05) is 21.3 Å². The van der Waals surface area contributed by atoms with Crippen LogP contribution in [0.15, 0.2) is 18.2 Å². The molecule has 1 rings (SSSR count). The highest BCUT2D eigenvalue weighted by Crippen LogP contribution is 2.31. The van der Waals surface area contributed by atoms with Crippen LogP contribution in [-0.4, -0.2) is 33.2 Å². The van der Waals surface area contributed by atoms with Crippen molar-refractivity contribution in [3.8, 4) is 11.5 Å². The molecule has 0 aliphatic carbocycles. The van der Waals surface area contributed by atoms with Gasteiger partial charge in [-0.15, -0.1) is 0 Å². The lowest BCUT2D eigenvalue weighted by atomic mass is 10.0. The van der Waals surface area contributed by atoms with E-state index in [1.165, 1.54) is 14.2 Å². The molecule has 0 heterocycles. The zero-order valence-electron chi connectivity index (χ0n) is 13.6. The summed E-state index contributed by atoms with van der Waals surface area (Å²) < 4.78 is 15.1. The van der Waals surface area contributed by atoms with Gasteiger partial charge in [0.2, 0.25) is 5.91 Å². The van der Waals surface area contributed by atoms with Gasteiger partial charge in [-0.1, -0.05) is 19.9 Å². The summed E-state index contributed by atoms with van der Waals surface area (Å²) in [6.07, 6.45) is 0.0461. The Morgan fingerprint density at radius 2 is 1.73 bits per heavy atom. The number of rotatable bonds is 7. The molecule has 0 aliphatic heterocycles. The Balaban J connectivity index is 3.08. The Labute approximate surface area is 130 Å². The Morgan fingerprint density at radius 3 is 2.23 bits per heavy atom. The van der Waals surface area contributed by atoms with E-state index in [9.17, 15) is 9.59 Å². The van der Waals surface area contributed by atoms with Crippen molar-refractivity contribution in [2.24, 2.45) is 5.92 Å². The lowest BCUT2D eigenvalue weighted by molar-refractivity contribution is -0.141. The Bertz CT molecular complexity index is 527. The third-order valence-electron chi connectivity index (χ3n) is 3.25. The van der Waals surface area contributed by atoms with Gasteiger partial charge in [0.25, 0.3) is 0 Å². The fourth-order valence-corrected chi connectivity index (χ4v) is 1.91. The number of carbonyl (C=O) groups excluding carboxylic acids is 2. The van der Waals surface area contributed by atoms with Gasteiger partial charge in [-0.2, -0.15) is 0 Å². The van der Waals surface area contributed by atoms with Gasteiger partial charge in [-0.3, -0.25) is 9.59 Å². The minimum Gasteiger partial charge on any atom is -0.493 e. The largest absolute Gasteiger partial charge is 0.493 e. The first-order valence-electron chi connectivity index (χ1n) is 7.02. The lowest BCUT2D eigenvalue weighted by Crippen LogP contribution is -2.33. The highest BCUT2D eigenvalue weighted by atomic mass is 16.5. The maximum absolute atomic E-state index is 12.0. The summed E-state index contributed by atoms with van der Waals surface area (Å²) in [4.78, 5) is 23.5. The van der Waals surface area contributed by atoms with Crippen LogP contribution in [0.2, 0.25) is 0 Å². The molecule has 0 bridgehead atoms. The lowest BCUT2D eigenvalue weighted by Gasteiger charge is -2.20. The third-order valence-corrected chi connectivity index (χ3v) is 3.25.